The van der Waals surface area contributed by atoms with Crippen LogP contribution in [0, 0.1) is 0 Å². The number of hydrogen-bond donors (Lipinski definition) is 0. The van der Waals surface area contributed by atoms with Gasteiger partial charge in [0.05, 0.1) is 11.0 Å². The summed E-state index contributed by atoms with van der Waals surface area (Å²) in [4.78, 5) is 15.9. The van der Waals surface area contributed by atoms with E-state index in [1.165, 1.54) is 53.2 Å². The Labute approximate surface area is 314 Å². The quantitative estimate of drug-likeness (QED) is 0.183. The van der Waals surface area contributed by atoms with Gasteiger partial charge in [0, 0.05) is 53.3 Å². The zero-order valence-corrected chi connectivity index (χ0v) is 29.7. The molecule has 11 aromatic rings. The molecule has 4 nitrogen and oxygen atoms in total. The average molecular weight is 705 g/mol. The summed E-state index contributed by atoms with van der Waals surface area (Å²) in [5.74, 6) is 1.97. The molecule has 0 saturated carbocycles. The highest BCUT2D eigenvalue weighted by Gasteiger charge is 2.25. The van der Waals surface area contributed by atoms with Gasteiger partial charge in [-0.3, -0.25) is 0 Å². The van der Waals surface area contributed by atoms with E-state index in [1.54, 1.807) is 0 Å². The molecule has 3 heterocycles. The first-order chi connectivity index (χ1) is 26.8. The summed E-state index contributed by atoms with van der Waals surface area (Å²) < 4.78 is 4.81. The number of hydrogen-bond acceptors (Lipinski definition) is 4. The smallest absolute Gasteiger partial charge is 0.164 e. The van der Waals surface area contributed by atoms with Gasteiger partial charge in [-0.1, -0.05) is 127 Å². The molecular formula is C49H28N4S. The van der Waals surface area contributed by atoms with E-state index < -0.39 is 0 Å². The number of aromatic nitrogens is 4. The second kappa shape index (κ2) is 11.3. The van der Waals surface area contributed by atoms with Gasteiger partial charge in [0.2, 0.25) is 0 Å². The Bertz CT molecular complexity index is 3320. The number of thiophene rings is 1. The van der Waals surface area contributed by atoms with Crippen LogP contribution < -0.4 is 0 Å². The summed E-state index contributed by atoms with van der Waals surface area (Å²) >= 11 is 1.84. The maximum absolute atomic E-state index is 5.38. The average Bonchev–Trinajstić information content (AvgIpc) is 3.89. The second-order valence-corrected chi connectivity index (χ2v) is 15.0. The lowest BCUT2D eigenvalue weighted by Gasteiger charge is -2.11. The van der Waals surface area contributed by atoms with Crippen molar-refractivity contribution < 1.29 is 0 Å². The van der Waals surface area contributed by atoms with Gasteiger partial charge >= 0.3 is 0 Å². The van der Waals surface area contributed by atoms with E-state index in [1.807, 2.05) is 29.5 Å². The molecule has 0 fully saturated rings. The summed E-state index contributed by atoms with van der Waals surface area (Å²) in [6.45, 7) is 0. The van der Waals surface area contributed by atoms with Crippen LogP contribution in [-0.4, -0.2) is 19.5 Å². The maximum Gasteiger partial charge on any atom is 0.164 e. The fourth-order valence-electron chi connectivity index (χ4n) is 8.69. The molecule has 54 heavy (non-hydrogen) atoms. The Balaban J connectivity index is 1.13. The van der Waals surface area contributed by atoms with Crippen molar-refractivity contribution in [2.24, 2.45) is 0 Å². The minimum Gasteiger partial charge on any atom is -0.309 e. The molecule has 0 bridgehead atoms. The number of rotatable bonds is 4. The van der Waals surface area contributed by atoms with Crippen LogP contribution in [0.5, 0.6) is 0 Å². The number of benzene rings is 8. The van der Waals surface area contributed by atoms with Gasteiger partial charge < -0.3 is 4.57 Å². The van der Waals surface area contributed by atoms with Crippen molar-refractivity contribution >= 4 is 64.1 Å². The molecular weight excluding hydrogens is 677 g/mol. The molecule has 0 radical (unpaired) electrons. The molecule has 0 spiro atoms. The molecule has 1 aliphatic rings. The lowest BCUT2D eigenvalue weighted by Crippen LogP contribution is -2.01. The third-order valence-corrected chi connectivity index (χ3v) is 12.1. The van der Waals surface area contributed by atoms with E-state index >= 15 is 0 Å². The predicted molar refractivity (Wildman–Crippen MR) is 225 cm³/mol. The fraction of sp³-hybridized carbons (Fsp3) is 0. The van der Waals surface area contributed by atoms with Crippen molar-refractivity contribution in [3.05, 3.63) is 170 Å². The molecule has 12 rings (SSSR count). The highest BCUT2D eigenvalue weighted by molar-refractivity contribution is 7.26. The van der Waals surface area contributed by atoms with Crippen molar-refractivity contribution in [3.8, 4) is 62.1 Å². The molecule has 1 aliphatic carbocycles. The van der Waals surface area contributed by atoms with Crippen LogP contribution >= 0.6 is 11.3 Å². The minimum absolute atomic E-state index is 0.652. The molecule has 0 N–H and O–H groups in total. The van der Waals surface area contributed by atoms with Crippen LogP contribution in [0.3, 0.4) is 0 Å². The van der Waals surface area contributed by atoms with Gasteiger partial charge in [-0.25, -0.2) is 15.0 Å². The normalized spacial score (nSPS) is 12.1. The molecule has 5 heteroatoms. The van der Waals surface area contributed by atoms with Crippen LogP contribution in [0.2, 0.25) is 0 Å². The molecule has 0 saturated heterocycles. The Morgan fingerprint density at radius 1 is 0.370 bits per heavy atom. The Morgan fingerprint density at radius 2 is 0.963 bits per heavy atom. The van der Waals surface area contributed by atoms with E-state index in [4.69, 9.17) is 15.0 Å². The maximum atomic E-state index is 5.38. The monoisotopic (exact) mass is 704 g/mol. The van der Waals surface area contributed by atoms with Gasteiger partial charge in [0.1, 0.15) is 0 Å². The summed E-state index contributed by atoms with van der Waals surface area (Å²) in [5.41, 5.74) is 11.5. The van der Waals surface area contributed by atoms with Crippen LogP contribution in [0.25, 0.3) is 115 Å². The lowest BCUT2D eigenvalue weighted by molar-refractivity contribution is 1.08. The van der Waals surface area contributed by atoms with E-state index in [9.17, 15) is 0 Å². The highest BCUT2D eigenvalue weighted by atomic mass is 32.1. The van der Waals surface area contributed by atoms with E-state index in [0.717, 1.165) is 44.2 Å². The molecule has 250 valence electrons. The zero-order chi connectivity index (χ0) is 35.3. The van der Waals surface area contributed by atoms with Crippen LogP contribution in [0.15, 0.2) is 170 Å². The Morgan fingerprint density at radius 3 is 1.74 bits per heavy atom. The highest BCUT2D eigenvalue weighted by Crippen LogP contribution is 2.51. The Hall–Kier alpha value is -6.95. The van der Waals surface area contributed by atoms with Crippen molar-refractivity contribution in [2.75, 3.05) is 0 Å². The first-order valence-corrected chi connectivity index (χ1v) is 19.0. The molecule has 8 aromatic carbocycles. The van der Waals surface area contributed by atoms with Crippen LogP contribution in [0.4, 0.5) is 0 Å². The van der Waals surface area contributed by atoms with E-state index in [2.05, 4.69) is 156 Å². The SMILES string of the molecule is c1ccc(-c2nc(-c3cccc4sc5cc6c(cc5c34)-c3cccc4cccc-6c34)nc(-c3cccc4c3c3ccccc3n4-c3ccccc3)n2)cc1. The number of fused-ring (bicyclic) bond motifs is 9. The van der Waals surface area contributed by atoms with Gasteiger partial charge in [-0.15, -0.1) is 11.3 Å². The molecule has 0 atom stereocenters. The molecule has 0 aliphatic heterocycles. The third-order valence-electron chi connectivity index (χ3n) is 11.0. The first-order valence-electron chi connectivity index (χ1n) is 18.2. The summed E-state index contributed by atoms with van der Waals surface area (Å²) in [6, 6.07) is 60.5. The Kier molecular flexibility index (Phi) is 6.18. The second-order valence-electron chi connectivity index (χ2n) is 13.9. The minimum atomic E-state index is 0.652. The first kappa shape index (κ1) is 29.6. The van der Waals surface area contributed by atoms with Gasteiger partial charge in [0.15, 0.2) is 17.5 Å². The van der Waals surface area contributed by atoms with Crippen molar-refractivity contribution in [1.29, 1.82) is 0 Å². The number of nitrogens with zero attached hydrogens (tertiary/aromatic N) is 4. The predicted octanol–water partition coefficient (Wildman–Crippen LogP) is 13.1. The third kappa shape index (κ3) is 4.21. The topological polar surface area (TPSA) is 43.6 Å². The molecule has 0 unspecified atom stereocenters. The van der Waals surface area contributed by atoms with Crippen molar-refractivity contribution in [1.82, 2.24) is 19.5 Å². The van der Waals surface area contributed by atoms with E-state index in [0.29, 0.717) is 17.5 Å². The van der Waals surface area contributed by atoms with Gasteiger partial charge in [-0.2, -0.15) is 0 Å². The van der Waals surface area contributed by atoms with Gasteiger partial charge in [-0.05, 0) is 75.5 Å². The van der Waals surface area contributed by atoms with Crippen molar-refractivity contribution in [2.45, 2.75) is 0 Å². The zero-order valence-electron chi connectivity index (χ0n) is 28.9. The summed E-state index contributed by atoms with van der Waals surface area (Å²) in [5, 5.41) is 7.31. The molecule has 0 amide bonds. The van der Waals surface area contributed by atoms with Gasteiger partial charge in [0.25, 0.3) is 0 Å². The summed E-state index contributed by atoms with van der Waals surface area (Å²) in [6.07, 6.45) is 0. The standard InChI is InChI=1S/C49H28N4S/c1-3-13-30(14-4-1)47-50-48(35-22-11-25-41-45(35)34-19-7-8-24-40(34)53(41)31-17-5-2-6-18-31)52-49(51-47)36-23-12-26-42-46(36)39-27-37-32-20-9-15-29-16-10-21-33(44(29)32)38(37)28-43(39)54-42/h1-28H. The van der Waals surface area contributed by atoms with Crippen LogP contribution in [0.1, 0.15) is 0 Å². The molecule has 3 aromatic heterocycles. The lowest BCUT2D eigenvalue weighted by atomic mass is 9.99. The fourth-order valence-corrected chi connectivity index (χ4v) is 9.84. The largest absolute Gasteiger partial charge is 0.309 e. The number of para-hydroxylation sites is 2. The summed E-state index contributed by atoms with van der Waals surface area (Å²) in [7, 11) is 0. The van der Waals surface area contributed by atoms with E-state index in [-0.39, 0.29) is 0 Å². The van der Waals surface area contributed by atoms with Crippen molar-refractivity contribution in [3.63, 3.8) is 0 Å². The van der Waals surface area contributed by atoms with Crippen LogP contribution in [-0.2, 0) is 0 Å².